The van der Waals surface area contributed by atoms with Crippen LogP contribution in [0, 0.1) is 11.7 Å². The second-order valence-electron chi connectivity index (χ2n) is 5.34. The zero-order chi connectivity index (χ0) is 13.1. The molecule has 3 nitrogen and oxygen atoms in total. The first-order valence-electron chi connectivity index (χ1n) is 6.51. The average Bonchev–Trinajstić information content (AvgIpc) is 2.48. The second-order valence-corrected chi connectivity index (χ2v) is 5.34. The summed E-state index contributed by atoms with van der Waals surface area (Å²) >= 11 is 0. The molecule has 0 radical (unpaired) electrons. The lowest BCUT2D eigenvalue weighted by Crippen LogP contribution is -2.45. The van der Waals surface area contributed by atoms with E-state index in [4.69, 9.17) is 5.73 Å². The van der Waals surface area contributed by atoms with Crippen LogP contribution < -0.4 is 10.6 Å². The fourth-order valence-electron chi connectivity index (χ4n) is 2.76. The largest absolute Gasteiger partial charge is 0.366 e. The summed E-state index contributed by atoms with van der Waals surface area (Å²) in [5.74, 6) is 0.389. The van der Waals surface area contributed by atoms with Gasteiger partial charge < -0.3 is 15.5 Å². The van der Waals surface area contributed by atoms with Crippen molar-refractivity contribution in [3.63, 3.8) is 0 Å². The van der Waals surface area contributed by atoms with Crippen molar-refractivity contribution in [3.8, 4) is 0 Å². The van der Waals surface area contributed by atoms with Crippen molar-refractivity contribution >= 4 is 5.69 Å². The highest BCUT2D eigenvalue weighted by atomic mass is 19.1. The molecule has 4 heteroatoms. The lowest BCUT2D eigenvalue weighted by atomic mass is 10.1. The Morgan fingerprint density at radius 2 is 1.89 bits per heavy atom. The van der Waals surface area contributed by atoms with E-state index in [0.717, 1.165) is 25.3 Å². The van der Waals surface area contributed by atoms with Crippen molar-refractivity contribution in [1.82, 2.24) is 4.90 Å². The maximum Gasteiger partial charge on any atom is 0.123 e. The summed E-state index contributed by atoms with van der Waals surface area (Å²) in [5, 5.41) is 0. The Hall–Kier alpha value is -1.13. The quantitative estimate of drug-likeness (QED) is 0.865. The van der Waals surface area contributed by atoms with Gasteiger partial charge in [0.1, 0.15) is 5.82 Å². The molecule has 1 aromatic carbocycles. The number of nitrogens with zero attached hydrogens (tertiary/aromatic N) is 2. The van der Waals surface area contributed by atoms with Gasteiger partial charge in [-0.05, 0) is 37.2 Å². The van der Waals surface area contributed by atoms with Crippen molar-refractivity contribution in [2.24, 2.45) is 11.7 Å². The van der Waals surface area contributed by atoms with Gasteiger partial charge in [0.25, 0.3) is 0 Å². The maximum atomic E-state index is 13.0. The SMILES string of the molecule is CC1CN(C)CC(CN)N(c2ccc(F)cc2)C1. The highest BCUT2D eigenvalue weighted by Crippen LogP contribution is 2.22. The smallest absolute Gasteiger partial charge is 0.123 e. The molecule has 0 aromatic heterocycles. The molecule has 1 saturated heterocycles. The number of nitrogens with two attached hydrogens (primary N) is 1. The van der Waals surface area contributed by atoms with Crippen LogP contribution in [0.3, 0.4) is 0 Å². The number of likely N-dealkylation sites (N-methyl/N-ethyl adjacent to an activating group) is 1. The van der Waals surface area contributed by atoms with E-state index in [0.29, 0.717) is 18.5 Å². The van der Waals surface area contributed by atoms with Gasteiger partial charge in [-0.2, -0.15) is 0 Å². The Balaban J connectivity index is 2.24. The van der Waals surface area contributed by atoms with Gasteiger partial charge in [0.05, 0.1) is 6.04 Å². The van der Waals surface area contributed by atoms with Crippen molar-refractivity contribution < 1.29 is 4.39 Å². The minimum absolute atomic E-state index is 0.192. The molecule has 1 aromatic rings. The number of halogens is 1. The zero-order valence-electron chi connectivity index (χ0n) is 11.1. The van der Waals surface area contributed by atoms with E-state index in [1.807, 2.05) is 12.1 Å². The zero-order valence-corrected chi connectivity index (χ0v) is 11.1. The molecule has 2 N–H and O–H groups in total. The van der Waals surface area contributed by atoms with E-state index >= 15 is 0 Å². The van der Waals surface area contributed by atoms with Crippen LogP contribution in [0.4, 0.5) is 10.1 Å². The van der Waals surface area contributed by atoms with E-state index in [1.165, 1.54) is 12.1 Å². The molecular formula is C14H22FN3. The first kappa shape index (κ1) is 13.3. The summed E-state index contributed by atoms with van der Waals surface area (Å²) in [4.78, 5) is 4.64. The van der Waals surface area contributed by atoms with Gasteiger partial charge in [-0.25, -0.2) is 4.39 Å². The number of hydrogen-bond donors (Lipinski definition) is 1. The van der Waals surface area contributed by atoms with Gasteiger partial charge in [0.2, 0.25) is 0 Å². The van der Waals surface area contributed by atoms with E-state index in [9.17, 15) is 4.39 Å². The van der Waals surface area contributed by atoms with E-state index in [-0.39, 0.29) is 5.82 Å². The molecule has 0 saturated carbocycles. The second kappa shape index (κ2) is 5.67. The van der Waals surface area contributed by atoms with Crippen molar-refractivity contribution in [1.29, 1.82) is 0 Å². The van der Waals surface area contributed by atoms with E-state index in [1.54, 1.807) is 0 Å². The van der Waals surface area contributed by atoms with Crippen molar-refractivity contribution in [2.75, 3.05) is 38.1 Å². The maximum absolute atomic E-state index is 13.0. The van der Waals surface area contributed by atoms with E-state index < -0.39 is 0 Å². The Labute approximate surface area is 108 Å². The van der Waals surface area contributed by atoms with E-state index in [2.05, 4.69) is 23.8 Å². The molecule has 0 bridgehead atoms. The third kappa shape index (κ3) is 3.00. The lowest BCUT2D eigenvalue weighted by molar-refractivity contribution is 0.304. The molecule has 0 aliphatic carbocycles. The first-order valence-corrected chi connectivity index (χ1v) is 6.51. The number of benzene rings is 1. The third-order valence-electron chi connectivity index (χ3n) is 3.53. The predicted molar refractivity (Wildman–Crippen MR) is 73.2 cm³/mol. The molecule has 2 unspecified atom stereocenters. The third-order valence-corrected chi connectivity index (χ3v) is 3.53. The Morgan fingerprint density at radius 3 is 2.50 bits per heavy atom. The van der Waals surface area contributed by atoms with Crippen LogP contribution in [0.15, 0.2) is 24.3 Å². The summed E-state index contributed by atoms with van der Waals surface area (Å²) in [7, 11) is 2.13. The van der Waals surface area contributed by atoms with Crippen LogP contribution in [-0.4, -0.2) is 44.2 Å². The molecule has 1 fully saturated rings. The lowest BCUT2D eigenvalue weighted by Gasteiger charge is -2.32. The highest BCUT2D eigenvalue weighted by molar-refractivity contribution is 5.48. The van der Waals surface area contributed by atoms with Crippen LogP contribution in [0.5, 0.6) is 0 Å². The van der Waals surface area contributed by atoms with Gasteiger partial charge in [-0.3, -0.25) is 0 Å². The minimum atomic E-state index is -0.192. The number of rotatable bonds is 2. The van der Waals surface area contributed by atoms with Crippen LogP contribution in [-0.2, 0) is 0 Å². The summed E-state index contributed by atoms with van der Waals surface area (Å²) < 4.78 is 13.0. The number of anilines is 1. The standard InChI is InChI=1S/C14H22FN3/c1-11-8-17(2)10-14(7-16)18(9-11)13-5-3-12(15)4-6-13/h3-6,11,14H,7-10,16H2,1-2H3. The Kier molecular flexibility index (Phi) is 4.19. The Bertz CT molecular complexity index is 379. The molecule has 1 aliphatic heterocycles. The van der Waals surface area contributed by atoms with Gasteiger partial charge >= 0.3 is 0 Å². The summed E-state index contributed by atoms with van der Waals surface area (Å²) in [5.41, 5.74) is 6.96. The number of hydrogen-bond acceptors (Lipinski definition) is 3. The fraction of sp³-hybridized carbons (Fsp3) is 0.571. The van der Waals surface area contributed by atoms with Gasteiger partial charge in [0.15, 0.2) is 0 Å². The molecule has 1 heterocycles. The average molecular weight is 251 g/mol. The normalized spacial score (nSPS) is 26.1. The molecule has 0 spiro atoms. The Morgan fingerprint density at radius 1 is 1.22 bits per heavy atom. The minimum Gasteiger partial charge on any atom is -0.366 e. The highest BCUT2D eigenvalue weighted by Gasteiger charge is 2.25. The first-order chi connectivity index (χ1) is 8.60. The summed E-state index contributed by atoms with van der Waals surface area (Å²) in [6.07, 6.45) is 0. The predicted octanol–water partition coefficient (Wildman–Crippen LogP) is 1.54. The van der Waals surface area contributed by atoms with Crippen LogP contribution in [0.1, 0.15) is 6.92 Å². The molecule has 2 rings (SSSR count). The molecule has 2 atom stereocenters. The van der Waals surface area contributed by atoms with Crippen LogP contribution in [0.2, 0.25) is 0 Å². The van der Waals surface area contributed by atoms with Gasteiger partial charge in [-0.15, -0.1) is 0 Å². The van der Waals surface area contributed by atoms with Gasteiger partial charge in [0, 0.05) is 31.9 Å². The molecule has 0 amide bonds. The molecule has 100 valence electrons. The molecule has 18 heavy (non-hydrogen) atoms. The van der Waals surface area contributed by atoms with Crippen molar-refractivity contribution in [2.45, 2.75) is 13.0 Å². The molecule has 1 aliphatic rings. The van der Waals surface area contributed by atoms with Crippen LogP contribution in [0.25, 0.3) is 0 Å². The topological polar surface area (TPSA) is 32.5 Å². The summed E-state index contributed by atoms with van der Waals surface area (Å²) in [6.45, 7) is 5.87. The molecular weight excluding hydrogens is 229 g/mol. The fourth-order valence-corrected chi connectivity index (χ4v) is 2.76. The van der Waals surface area contributed by atoms with Crippen LogP contribution >= 0.6 is 0 Å². The summed E-state index contributed by atoms with van der Waals surface area (Å²) in [6, 6.07) is 7.02. The monoisotopic (exact) mass is 251 g/mol. The van der Waals surface area contributed by atoms with Crippen molar-refractivity contribution in [3.05, 3.63) is 30.1 Å². The van der Waals surface area contributed by atoms with Gasteiger partial charge in [-0.1, -0.05) is 6.92 Å².